The van der Waals surface area contributed by atoms with Gasteiger partial charge in [-0.25, -0.2) is 4.79 Å². The molecule has 0 aliphatic carbocycles. The molecule has 104 valence electrons. The highest BCUT2D eigenvalue weighted by atomic mass is 16.5. The van der Waals surface area contributed by atoms with Crippen LogP contribution in [0.25, 0.3) is 0 Å². The normalized spacial score (nSPS) is 11.5. The second-order valence-corrected chi connectivity index (χ2v) is 4.16. The number of ether oxygens (including phenoxy) is 1. The standard InChI is InChI=1S/C13H18N2O4/c1-9(3-8-12(16)17)14-13(18)15-10-4-6-11(19-2)7-5-10/h4-7,9H,3,8H2,1-2H3,(H,16,17)(H2,14,15,18). The van der Waals surface area contributed by atoms with E-state index < -0.39 is 5.97 Å². The Kier molecular flexibility index (Phi) is 5.66. The zero-order valence-electron chi connectivity index (χ0n) is 11.0. The van der Waals surface area contributed by atoms with Gasteiger partial charge in [-0.2, -0.15) is 0 Å². The van der Waals surface area contributed by atoms with Gasteiger partial charge in [0.1, 0.15) is 5.75 Å². The van der Waals surface area contributed by atoms with Crippen molar-refractivity contribution in [1.29, 1.82) is 0 Å². The Morgan fingerprint density at radius 1 is 1.32 bits per heavy atom. The molecule has 6 heteroatoms. The number of amides is 2. The Morgan fingerprint density at radius 3 is 2.47 bits per heavy atom. The minimum atomic E-state index is -0.871. The van der Waals surface area contributed by atoms with Crippen LogP contribution < -0.4 is 15.4 Å². The predicted molar refractivity (Wildman–Crippen MR) is 71.5 cm³/mol. The van der Waals surface area contributed by atoms with Crippen molar-refractivity contribution < 1.29 is 19.4 Å². The van der Waals surface area contributed by atoms with Crippen molar-refractivity contribution in [2.75, 3.05) is 12.4 Å². The topological polar surface area (TPSA) is 87.7 Å². The molecule has 1 aromatic rings. The van der Waals surface area contributed by atoms with Crippen molar-refractivity contribution in [2.24, 2.45) is 0 Å². The van der Waals surface area contributed by atoms with E-state index >= 15 is 0 Å². The third kappa shape index (κ3) is 5.76. The van der Waals surface area contributed by atoms with Crippen LogP contribution in [0.5, 0.6) is 5.75 Å². The van der Waals surface area contributed by atoms with Gasteiger partial charge in [0.2, 0.25) is 0 Å². The molecule has 0 aliphatic rings. The smallest absolute Gasteiger partial charge is 0.319 e. The second-order valence-electron chi connectivity index (χ2n) is 4.16. The van der Waals surface area contributed by atoms with Gasteiger partial charge >= 0.3 is 12.0 Å². The first-order valence-corrected chi connectivity index (χ1v) is 5.94. The Balaban J connectivity index is 2.39. The molecule has 1 aromatic carbocycles. The summed E-state index contributed by atoms with van der Waals surface area (Å²) in [6.45, 7) is 1.76. The van der Waals surface area contributed by atoms with Crippen LogP contribution >= 0.6 is 0 Å². The van der Waals surface area contributed by atoms with Crippen LogP contribution in [0.3, 0.4) is 0 Å². The van der Waals surface area contributed by atoms with Crippen molar-refractivity contribution in [3.8, 4) is 5.75 Å². The van der Waals surface area contributed by atoms with Gasteiger partial charge in [0.05, 0.1) is 7.11 Å². The lowest BCUT2D eigenvalue weighted by Crippen LogP contribution is -2.36. The summed E-state index contributed by atoms with van der Waals surface area (Å²) in [5.41, 5.74) is 0.642. The van der Waals surface area contributed by atoms with Gasteiger partial charge in [-0.3, -0.25) is 4.79 Å². The molecule has 0 aliphatic heterocycles. The van der Waals surface area contributed by atoms with Crippen LogP contribution in [0.2, 0.25) is 0 Å². The third-order valence-electron chi connectivity index (χ3n) is 2.52. The Labute approximate surface area is 111 Å². The van der Waals surface area contributed by atoms with E-state index in [1.807, 2.05) is 0 Å². The molecule has 1 atom stereocenters. The molecular weight excluding hydrogens is 248 g/mol. The van der Waals surface area contributed by atoms with Crippen molar-refractivity contribution >= 4 is 17.7 Å². The van der Waals surface area contributed by atoms with E-state index in [4.69, 9.17) is 9.84 Å². The van der Waals surface area contributed by atoms with Gasteiger partial charge in [-0.15, -0.1) is 0 Å². The number of benzene rings is 1. The largest absolute Gasteiger partial charge is 0.497 e. The fraction of sp³-hybridized carbons (Fsp3) is 0.385. The lowest BCUT2D eigenvalue weighted by Gasteiger charge is -2.13. The van der Waals surface area contributed by atoms with E-state index in [0.29, 0.717) is 17.9 Å². The molecule has 0 bridgehead atoms. The van der Waals surface area contributed by atoms with Crippen LogP contribution in [0.1, 0.15) is 19.8 Å². The number of carbonyl (C=O) groups is 2. The first-order chi connectivity index (χ1) is 9.01. The minimum Gasteiger partial charge on any atom is -0.497 e. The van der Waals surface area contributed by atoms with Gasteiger partial charge in [0, 0.05) is 18.2 Å². The molecule has 1 unspecified atom stereocenters. The minimum absolute atomic E-state index is 0.0317. The van der Waals surface area contributed by atoms with Crippen LogP contribution in [-0.4, -0.2) is 30.3 Å². The fourth-order valence-electron chi connectivity index (χ4n) is 1.48. The number of carboxylic acid groups (broad SMARTS) is 1. The number of nitrogens with one attached hydrogen (secondary N) is 2. The molecule has 3 N–H and O–H groups in total. The summed E-state index contributed by atoms with van der Waals surface area (Å²) >= 11 is 0. The van der Waals surface area contributed by atoms with E-state index in [2.05, 4.69) is 10.6 Å². The van der Waals surface area contributed by atoms with Crippen LogP contribution in [0.15, 0.2) is 24.3 Å². The van der Waals surface area contributed by atoms with E-state index in [1.165, 1.54) is 0 Å². The van der Waals surface area contributed by atoms with Crippen molar-refractivity contribution in [2.45, 2.75) is 25.8 Å². The zero-order chi connectivity index (χ0) is 14.3. The maximum absolute atomic E-state index is 11.6. The highest BCUT2D eigenvalue weighted by molar-refractivity contribution is 5.89. The van der Waals surface area contributed by atoms with Crippen molar-refractivity contribution in [1.82, 2.24) is 5.32 Å². The summed E-state index contributed by atoms with van der Waals surface area (Å²) in [6.07, 6.45) is 0.426. The number of hydrogen-bond acceptors (Lipinski definition) is 3. The number of carbonyl (C=O) groups excluding carboxylic acids is 1. The maximum atomic E-state index is 11.6. The van der Waals surface area contributed by atoms with Crippen molar-refractivity contribution in [3.05, 3.63) is 24.3 Å². The first kappa shape index (κ1) is 14.8. The highest BCUT2D eigenvalue weighted by Gasteiger charge is 2.09. The van der Waals surface area contributed by atoms with Gasteiger partial charge in [0.15, 0.2) is 0 Å². The van der Waals surface area contributed by atoms with Crippen LogP contribution in [0.4, 0.5) is 10.5 Å². The zero-order valence-corrected chi connectivity index (χ0v) is 11.0. The second kappa shape index (κ2) is 7.25. The third-order valence-corrected chi connectivity index (χ3v) is 2.52. The number of urea groups is 1. The molecule has 2 amide bonds. The number of carboxylic acids is 1. The van der Waals surface area contributed by atoms with E-state index in [-0.39, 0.29) is 18.5 Å². The number of rotatable bonds is 6. The summed E-state index contributed by atoms with van der Waals surface area (Å²) < 4.78 is 5.01. The number of anilines is 1. The molecule has 0 radical (unpaired) electrons. The fourth-order valence-corrected chi connectivity index (χ4v) is 1.48. The van der Waals surface area contributed by atoms with Gasteiger partial charge < -0.3 is 20.5 Å². The summed E-state index contributed by atoms with van der Waals surface area (Å²) in [7, 11) is 1.57. The number of hydrogen-bond donors (Lipinski definition) is 3. The molecule has 19 heavy (non-hydrogen) atoms. The molecule has 0 aromatic heterocycles. The monoisotopic (exact) mass is 266 g/mol. The molecule has 0 saturated carbocycles. The van der Waals surface area contributed by atoms with E-state index in [9.17, 15) is 9.59 Å². The maximum Gasteiger partial charge on any atom is 0.319 e. The average molecular weight is 266 g/mol. The van der Waals surface area contributed by atoms with E-state index in [0.717, 1.165) is 0 Å². The van der Waals surface area contributed by atoms with Crippen LogP contribution in [-0.2, 0) is 4.79 Å². The molecule has 0 fully saturated rings. The molecule has 6 nitrogen and oxygen atoms in total. The summed E-state index contributed by atoms with van der Waals surface area (Å²) in [4.78, 5) is 22.0. The summed E-state index contributed by atoms with van der Waals surface area (Å²) in [5.74, 6) is -0.162. The molecule has 0 saturated heterocycles. The lowest BCUT2D eigenvalue weighted by atomic mass is 10.2. The number of aliphatic carboxylic acids is 1. The first-order valence-electron chi connectivity index (χ1n) is 5.94. The Morgan fingerprint density at radius 2 is 1.95 bits per heavy atom. The summed E-state index contributed by atoms with van der Waals surface area (Å²) in [6, 6.07) is 6.37. The molecule has 1 rings (SSSR count). The van der Waals surface area contributed by atoms with E-state index in [1.54, 1.807) is 38.3 Å². The van der Waals surface area contributed by atoms with Gasteiger partial charge in [0.25, 0.3) is 0 Å². The highest BCUT2D eigenvalue weighted by Crippen LogP contribution is 2.14. The lowest BCUT2D eigenvalue weighted by molar-refractivity contribution is -0.137. The molecule has 0 heterocycles. The Hall–Kier alpha value is -2.24. The van der Waals surface area contributed by atoms with Gasteiger partial charge in [-0.1, -0.05) is 0 Å². The van der Waals surface area contributed by atoms with Gasteiger partial charge in [-0.05, 0) is 37.6 Å². The predicted octanol–water partition coefficient (Wildman–Crippen LogP) is 2.07. The average Bonchev–Trinajstić information content (AvgIpc) is 2.37. The number of methoxy groups -OCH3 is 1. The van der Waals surface area contributed by atoms with Crippen LogP contribution in [0, 0.1) is 0 Å². The Bertz CT molecular complexity index is 431. The quantitative estimate of drug-likeness (QED) is 0.735. The SMILES string of the molecule is COc1ccc(NC(=O)NC(C)CCC(=O)O)cc1. The molecule has 0 spiro atoms. The summed E-state index contributed by atoms with van der Waals surface area (Å²) in [5, 5.41) is 13.9. The molecular formula is C13H18N2O4. The van der Waals surface area contributed by atoms with Crippen molar-refractivity contribution in [3.63, 3.8) is 0 Å².